The molecule has 0 fully saturated rings. The van der Waals surface area contributed by atoms with Crippen molar-refractivity contribution in [2.45, 2.75) is 38.4 Å². The highest BCUT2D eigenvalue weighted by Crippen LogP contribution is 2.31. The lowest BCUT2D eigenvalue weighted by molar-refractivity contribution is 0.101. The van der Waals surface area contributed by atoms with Crippen molar-refractivity contribution >= 4 is 5.57 Å². The number of hydrogen-bond donors (Lipinski definition) is 2. The van der Waals surface area contributed by atoms with E-state index in [4.69, 9.17) is 0 Å². The first-order valence-electron chi connectivity index (χ1n) is 8.90. The second-order valence-electron chi connectivity index (χ2n) is 6.37. The Morgan fingerprint density at radius 3 is 1.75 bits per heavy atom. The third-order valence-corrected chi connectivity index (χ3v) is 4.27. The molecular formula is C22H22F4O2. The van der Waals surface area contributed by atoms with Crippen molar-refractivity contribution in [1.82, 2.24) is 0 Å². The summed E-state index contributed by atoms with van der Waals surface area (Å²) in [5, 5.41) is 19.6. The van der Waals surface area contributed by atoms with Crippen LogP contribution >= 0.6 is 0 Å². The molecule has 2 aromatic rings. The van der Waals surface area contributed by atoms with Crippen molar-refractivity contribution in [3.63, 3.8) is 0 Å². The third-order valence-electron chi connectivity index (χ3n) is 4.27. The molecule has 0 spiro atoms. The summed E-state index contributed by atoms with van der Waals surface area (Å²) in [6, 6.07) is 10.1. The van der Waals surface area contributed by atoms with Gasteiger partial charge in [0.15, 0.2) is 0 Å². The average molecular weight is 394 g/mol. The van der Waals surface area contributed by atoms with Crippen LogP contribution in [0.15, 0.2) is 66.3 Å². The maximum absolute atomic E-state index is 13.9. The van der Waals surface area contributed by atoms with E-state index in [-0.39, 0.29) is 12.0 Å². The Bertz CT molecular complexity index is 764. The Kier molecular flexibility index (Phi) is 7.96. The van der Waals surface area contributed by atoms with E-state index in [0.717, 1.165) is 30.3 Å². The van der Waals surface area contributed by atoms with Crippen LogP contribution < -0.4 is 0 Å². The van der Waals surface area contributed by atoms with Gasteiger partial charge in [-0.05, 0) is 47.4 Å². The molecule has 0 aromatic heterocycles. The zero-order chi connectivity index (χ0) is 20.7. The highest BCUT2D eigenvalue weighted by atomic mass is 19.3. The molecule has 2 rings (SSSR count). The van der Waals surface area contributed by atoms with Gasteiger partial charge < -0.3 is 10.2 Å². The van der Waals surface area contributed by atoms with E-state index < -0.39 is 35.8 Å². The standard InChI is InChI=1S/C22H22F4O2/c1-2-18(27)13-19(28)11-12-20(22(25)26)21(14-3-7-16(23)8-4-14)15-5-9-17(24)10-6-15/h3-12,18-19,22,27-28H,2,13H2,1H3/b12-11+. The van der Waals surface area contributed by atoms with Crippen LogP contribution in [0.4, 0.5) is 17.6 Å². The van der Waals surface area contributed by atoms with Gasteiger partial charge in [0.2, 0.25) is 0 Å². The van der Waals surface area contributed by atoms with Gasteiger partial charge in [-0.15, -0.1) is 0 Å². The quantitative estimate of drug-likeness (QED) is 0.483. The molecule has 2 atom stereocenters. The fourth-order valence-corrected chi connectivity index (χ4v) is 2.74. The minimum Gasteiger partial charge on any atom is -0.393 e. The molecular weight excluding hydrogens is 372 g/mol. The van der Waals surface area contributed by atoms with E-state index in [2.05, 4.69) is 0 Å². The van der Waals surface area contributed by atoms with Crippen LogP contribution in [0.3, 0.4) is 0 Å². The monoisotopic (exact) mass is 394 g/mol. The highest BCUT2D eigenvalue weighted by Gasteiger charge is 2.19. The summed E-state index contributed by atoms with van der Waals surface area (Å²) in [6.45, 7) is 1.74. The molecule has 150 valence electrons. The minimum atomic E-state index is -2.90. The van der Waals surface area contributed by atoms with Crippen molar-refractivity contribution in [2.24, 2.45) is 0 Å². The van der Waals surface area contributed by atoms with Crippen LogP contribution in [0.5, 0.6) is 0 Å². The van der Waals surface area contributed by atoms with E-state index in [1.54, 1.807) is 6.92 Å². The molecule has 2 N–H and O–H groups in total. The number of rotatable bonds is 8. The van der Waals surface area contributed by atoms with Crippen molar-refractivity contribution in [2.75, 3.05) is 0 Å². The van der Waals surface area contributed by atoms with E-state index in [1.807, 2.05) is 0 Å². The first kappa shape index (κ1) is 21.9. The minimum absolute atomic E-state index is 0.0198. The summed E-state index contributed by atoms with van der Waals surface area (Å²) < 4.78 is 54.3. The summed E-state index contributed by atoms with van der Waals surface area (Å²) >= 11 is 0. The first-order chi connectivity index (χ1) is 13.3. The normalized spacial score (nSPS) is 13.7. The van der Waals surface area contributed by atoms with Gasteiger partial charge in [0.1, 0.15) is 11.6 Å². The smallest absolute Gasteiger partial charge is 0.264 e. The highest BCUT2D eigenvalue weighted by molar-refractivity contribution is 5.84. The van der Waals surface area contributed by atoms with Gasteiger partial charge in [-0.25, -0.2) is 17.6 Å². The van der Waals surface area contributed by atoms with Crippen LogP contribution in [0, 0.1) is 11.6 Å². The zero-order valence-electron chi connectivity index (χ0n) is 15.3. The fourth-order valence-electron chi connectivity index (χ4n) is 2.74. The van der Waals surface area contributed by atoms with E-state index >= 15 is 0 Å². The third kappa shape index (κ3) is 6.04. The molecule has 6 heteroatoms. The maximum Gasteiger partial charge on any atom is 0.264 e. The van der Waals surface area contributed by atoms with Gasteiger partial charge in [-0.2, -0.15) is 0 Å². The van der Waals surface area contributed by atoms with Crippen LogP contribution in [-0.2, 0) is 0 Å². The molecule has 0 saturated carbocycles. The summed E-state index contributed by atoms with van der Waals surface area (Å²) in [5.74, 6) is -1.03. The molecule has 0 aliphatic carbocycles. The van der Waals surface area contributed by atoms with Crippen molar-refractivity contribution in [3.05, 3.63) is 89.0 Å². The first-order valence-corrected chi connectivity index (χ1v) is 8.90. The molecule has 0 amide bonds. The summed E-state index contributed by atoms with van der Waals surface area (Å²) in [7, 11) is 0. The Hall–Kier alpha value is -2.44. The molecule has 0 aliphatic rings. The zero-order valence-corrected chi connectivity index (χ0v) is 15.3. The summed E-state index contributed by atoms with van der Waals surface area (Å²) in [4.78, 5) is 0. The summed E-state index contributed by atoms with van der Waals surface area (Å²) in [6.07, 6.45) is -2.01. The second-order valence-corrected chi connectivity index (χ2v) is 6.37. The van der Waals surface area contributed by atoms with Crippen LogP contribution in [0.2, 0.25) is 0 Å². The summed E-state index contributed by atoms with van der Waals surface area (Å²) in [5.41, 5.74) is 0.366. The maximum atomic E-state index is 13.9. The second kappa shape index (κ2) is 10.2. The van der Waals surface area contributed by atoms with Crippen LogP contribution in [0.1, 0.15) is 30.9 Å². The Morgan fingerprint density at radius 2 is 1.36 bits per heavy atom. The molecule has 0 aliphatic heterocycles. The number of aliphatic hydroxyl groups excluding tert-OH is 2. The van der Waals surface area contributed by atoms with Crippen molar-refractivity contribution < 1.29 is 27.8 Å². The van der Waals surface area contributed by atoms with Gasteiger partial charge in [0.05, 0.1) is 12.2 Å². The topological polar surface area (TPSA) is 40.5 Å². The van der Waals surface area contributed by atoms with E-state index in [0.29, 0.717) is 17.5 Å². The van der Waals surface area contributed by atoms with Crippen LogP contribution in [-0.4, -0.2) is 28.8 Å². The van der Waals surface area contributed by atoms with E-state index in [1.165, 1.54) is 30.3 Å². The number of halogens is 4. The van der Waals surface area contributed by atoms with Crippen molar-refractivity contribution in [3.8, 4) is 0 Å². The van der Waals surface area contributed by atoms with Crippen molar-refractivity contribution in [1.29, 1.82) is 0 Å². The van der Waals surface area contributed by atoms with E-state index in [9.17, 15) is 27.8 Å². The van der Waals surface area contributed by atoms with Gasteiger partial charge >= 0.3 is 0 Å². The van der Waals surface area contributed by atoms with Crippen LogP contribution in [0.25, 0.3) is 5.57 Å². The Balaban J connectivity index is 2.55. The molecule has 0 saturated heterocycles. The number of alkyl halides is 2. The molecule has 0 heterocycles. The SMILES string of the molecule is CCC(O)CC(O)/C=C/C(=C(c1ccc(F)cc1)c1ccc(F)cc1)C(F)F. The fraction of sp³-hybridized carbons (Fsp3) is 0.273. The van der Waals surface area contributed by atoms with Gasteiger partial charge in [0.25, 0.3) is 6.43 Å². The lowest BCUT2D eigenvalue weighted by Gasteiger charge is -2.15. The predicted octanol–water partition coefficient (Wildman–Crippen LogP) is 5.11. The molecule has 0 bridgehead atoms. The number of aliphatic hydroxyl groups is 2. The Morgan fingerprint density at radius 1 is 0.893 bits per heavy atom. The lowest BCUT2D eigenvalue weighted by atomic mass is 9.92. The lowest BCUT2D eigenvalue weighted by Crippen LogP contribution is -2.15. The molecule has 2 nitrogen and oxygen atoms in total. The van der Waals surface area contributed by atoms with Gasteiger partial charge in [-0.3, -0.25) is 0 Å². The molecule has 0 radical (unpaired) electrons. The van der Waals surface area contributed by atoms with Gasteiger partial charge in [-0.1, -0.05) is 43.3 Å². The molecule has 28 heavy (non-hydrogen) atoms. The average Bonchev–Trinajstić information content (AvgIpc) is 2.66. The molecule has 2 aromatic carbocycles. The Labute approximate surface area is 161 Å². The molecule has 2 unspecified atom stereocenters. The predicted molar refractivity (Wildman–Crippen MR) is 101 cm³/mol. The van der Waals surface area contributed by atoms with Gasteiger partial charge in [0, 0.05) is 12.0 Å². The largest absolute Gasteiger partial charge is 0.393 e. The number of allylic oxidation sites excluding steroid dienone is 2. The number of hydrogen-bond acceptors (Lipinski definition) is 2. The number of benzene rings is 2.